The Labute approximate surface area is 74.5 Å². The lowest BCUT2D eigenvalue weighted by Crippen LogP contribution is -2.16. The van der Waals surface area contributed by atoms with Gasteiger partial charge in [-0.25, -0.2) is 0 Å². The summed E-state index contributed by atoms with van der Waals surface area (Å²) in [4.78, 5) is 21.4. The fraction of sp³-hybridized carbons (Fsp3) is 0. The second-order valence-corrected chi connectivity index (χ2v) is 2.53. The number of primary amides is 2. The summed E-state index contributed by atoms with van der Waals surface area (Å²) in [6.07, 6.45) is 0. The molecule has 1 rings (SSSR count). The Bertz CT molecular complexity index is 374. The zero-order valence-corrected chi connectivity index (χ0v) is 6.78. The first-order valence-corrected chi connectivity index (χ1v) is 3.51. The van der Waals surface area contributed by atoms with Crippen molar-refractivity contribution < 1.29 is 9.59 Å². The smallest absolute Gasteiger partial charge is 0.250 e. The highest BCUT2D eigenvalue weighted by Gasteiger charge is 2.07. The molecule has 0 saturated carbocycles. The standard InChI is InChI=1S/C8H9N3O2/c9-6-3-4(7(10)12)1-2-5(6)8(11)13/h1-3H,9H2,(H2,10,12)(H2,11,13). The third-order valence-electron chi connectivity index (χ3n) is 1.60. The van der Waals surface area contributed by atoms with Crippen molar-refractivity contribution >= 4 is 17.5 Å². The van der Waals surface area contributed by atoms with Crippen molar-refractivity contribution in [2.24, 2.45) is 11.5 Å². The molecule has 0 aromatic heterocycles. The Morgan fingerprint density at radius 2 is 1.69 bits per heavy atom. The van der Waals surface area contributed by atoms with Gasteiger partial charge in [-0.1, -0.05) is 0 Å². The molecule has 2 amide bonds. The molecule has 1 aromatic rings. The fourth-order valence-electron chi connectivity index (χ4n) is 0.940. The summed E-state index contributed by atoms with van der Waals surface area (Å²) in [5.41, 5.74) is 16.0. The maximum absolute atomic E-state index is 10.7. The van der Waals surface area contributed by atoms with Gasteiger partial charge in [0.1, 0.15) is 0 Å². The van der Waals surface area contributed by atoms with Gasteiger partial charge in [0.15, 0.2) is 0 Å². The SMILES string of the molecule is NC(=O)c1ccc(C(N)=O)c(N)c1. The summed E-state index contributed by atoms with van der Waals surface area (Å²) in [6.45, 7) is 0. The number of amides is 2. The van der Waals surface area contributed by atoms with Crippen molar-refractivity contribution in [2.45, 2.75) is 0 Å². The van der Waals surface area contributed by atoms with E-state index in [4.69, 9.17) is 17.2 Å². The molecule has 0 fully saturated rings. The van der Waals surface area contributed by atoms with E-state index in [0.29, 0.717) is 0 Å². The van der Waals surface area contributed by atoms with Gasteiger partial charge in [0.2, 0.25) is 5.91 Å². The third-order valence-corrected chi connectivity index (χ3v) is 1.60. The van der Waals surface area contributed by atoms with Gasteiger partial charge in [-0.05, 0) is 18.2 Å². The maximum Gasteiger partial charge on any atom is 0.250 e. The van der Waals surface area contributed by atoms with Gasteiger partial charge in [-0.15, -0.1) is 0 Å². The first kappa shape index (κ1) is 9.05. The van der Waals surface area contributed by atoms with E-state index in [1.54, 1.807) is 0 Å². The summed E-state index contributed by atoms with van der Waals surface area (Å²) in [5.74, 6) is -1.23. The number of carbonyl (C=O) groups is 2. The lowest BCUT2D eigenvalue weighted by molar-refractivity contribution is 0.0989. The molecule has 0 heterocycles. The van der Waals surface area contributed by atoms with Gasteiger partial charge in [0, 0.05) is 11.3 Å². The topological polar surface area (TPSA) is 112 Å². The molecule has 13 heavy (non-hydrogen) atoms. The lowest BCUT2D eigenvalue weighted by Gasteiger charge is -2.02. The second kappa shape index (κ2) is 3.14. The minimum absolute atomic E-state index is 0.156. The monoisotopic (exact) mass is 179 g/mol. The van der Waals surface area contributed by atoms with Crippen LogP contribution in [0.3, 0.4) is 0 Å². The summed E-state index contributed by atoms with van der Waals surface area (Å²) in [5, 5.41) is 0. The van der Waals surface area contributed by atoms with Crippen LogP contribution in [0.15, 0.2) is 18.2 Å². The molecule has 6 N–H and O–H groups in total. The van der Waals surface area contributed by atoms with Crippen LogP contribution in [0.25, 0.3) is 0 Å². The lowest BCUT2D eigenvalue weighted by atomic mass is 10.1. The van der Waals surface area contributed by atoms with Crippen molar-refractivity contribution in [1.82, 2.24) is 0 Å². The van der Waals surface area contributed by atoms with E-state index in [1.807, 2.05) is 0 Å². The normalized spacial score (nSPS) is 9.54. The zero-order valence-electron chi connectivity index (χ0n) is 6.78. The number of benzene rings is 1. The number of rotatable bonds is 2. The zero-order chi connectivity index (χ0) is 10.0. The Morgan fingerprint density at radius 1 is 1.08 bits per heavy atom. The van der Waals surface area contributed by atoms with Crippen molar-refractivity contribution in [3.63, 3.8) is 0 Å². The number of anilines is 1. The number of hydrogen-bond acceptors (Lipinski definition) is 3. The Hall–Kier alpha value is -2.04. The van der Waals surface area contributed by atoms with E-state index < -0.39 is 11.8 Å². The van der Waals surface area contributed by atoms with Crippen LogP contribution in [0, 0.1) is 0 Å². The number of nitrogen functional groups attached to an aromatic ring is 1. The van der Waals surface area contributed by atoms with Gasteiger partial charge >= 0.3 is 0 Å². The molecule has 1 aromatic carbocycles. The van der Waals surface area contributed by atoms with E-state index >= 15 is 0 Å². The van der Waals surface area contributed by atoms with E-state index in [0.717, 1.165) is 0 Å². The minimum Gasteiger partial charge on any atom is -0.398 e. The van der Waals surface area contributed by atoms with Crippen LogP contribution in [0.1, 0.15) is 20.7 Å². The molecule has 0 aliphatic carbocycles. The predicted molar refractivity (Wildman–Crippen MR) is 47.9 cm³/mol. The number of carbonyl (C=O) groups excluding carboxylic acids is 2. The number of nitrogens with two attached hydrogens (primary N) is 3. The molecule has 5 nitrogen and oxygen atoms in total. The highest BCUT2D eigenvalue weighted by atomic mass is 16.1. The van der Waals surface area contributed by atoms with Crippen LogP contribution in [0.5, 0.6) is 0 Å². The van der Waals surface area contributed by atoms with Crippen molar-refractivity contribution in [2.75, 3.05) is 5.73 Å². The molecular weight excluding hydrogens is 170 g/mol. The van der Waals surface area contributed by atoms with Gasteiger partial charge in [0.25, 0.3) is 5.91 Å². The third kappa shape index (κ3) is 1.76. The molecule has 68 valence electrons. The second-order valence-electron chi connectivity index (χ2n) is 2.53. The van der Waals surface area contributed by atoms with Crippen molar-refractivity contribution in [3.05, 3.63) is 29.3 Å². The van der Waals surface area contributed by atoms with Gasteiger partial charge in [-0.3, -0.25) is 9.59 Å². The van der Waals surface area contributed by atoms with Gasteiger partial charge in [-0.2, -0.15) is 0 Å². The molecule has 0 bridgehead atoms. The predicted octanol–water partition coefficient (Wildman–Crippen LogP) is -0.533. The van der Waals surface area contributed by atoms with Crippen LogP contribution in [-0.4, -0.2) is 11.8 Å². The van der Waals surface area contributed by atoms with E-state index in [1.165, 1.54) is 18.2 Å². The fourth-order valence-corrected chi connectivity index (χ4v) is 0.940. The van der Waals surface area contributed by atoms with Gasteiger partial charge < -0.3 is 17.2 Å². The highest BCUT2D eigenvalue weighted by molar-refractivity contribution is 6.01. The molecular formula is C8H9N3O2. The van der Waals surface area contributed by atoms with Gasteiger partial charge in [0.05, 0.1) is 5.56 Å². The Kier molecular flexibility index (Phi) is 2.19. The number of hydrogen-bond donors (Lipinski definition) is 3. The van der Waals surface area contributed by atoms with Crippen molar-refractivity contribution in [1.29, 1.82) is 0 Å². The molecule has 0 spiro atoms. The summed E-state index contributed by atoms with van der Waals surface area (Å²) in [6, 6.07) is 4.10. The Morgan fingerprint density at radius 3 is 2.08 bits per heavy atom. The molecule has 5 heteroatoms. The Balaban J connectivity index is 3.20. The van der Waals surface area contributed by atoms with Crippen LogP contribution in [-0.2, 0) is 0 Å². The largest absolute Gasteiger partial charge is 0.398 e. The van der Waals surface area contributed by atoms with E-state index in [-0.39, 0.29) is 16.8 Å². The summed E-state index contributed by atoms with van der Waals surface area (Å²) in [7, 11) is 0. The quantitative estimate of drug-likeness (QED) is 0.530. The van der Waals surface area contributed by atoms with Crippen LogP contribution in [0.2, 0.25) is 0 Å². The van der Waals surface area contributed by atoms with E-state index in [9.17, 15) is 9.59 Å². The first-order valence-electron chi connectivity index (χ1n) is 3.51. The molecule has 0 unspecified atom stereocenters. The molecule has 0 radical (unpaired) electrons. The minimum atomic E-state index is -0.631. The average Bonchev–Trinajstić information content (AvgIpc) is 2.03. The molecule has 0 saturated heterocycles. The van der Waals surface area contributed by atoms with Crippen molar-refractivity contribution in [3.8, 4) is 0 Å². The van der Waals surface area contributed by atoms with Crippen LogP contribution >= 0.6 is 0 Å². The molecule has 0 aliphatic heterocycles. The average molecular weight is 179 g/mol. The summed E-state index contributed by atoms with van der Waals surface area (Å²) >= 11 is 0. The summed E-state index contributed by atoms with van der Waals surface area (Å²) < 4.78 is 0. The van der Waals surface area contributed by atoms with Crippen LogP contribution < -0.4 is 17.2 Å². The maximum atomic E-state index is 10.7. The van der Waals surface area contributed by atoms with Crippen LogP contribution in [0.4, 0.5) is 5.69 Å². The molecule has 0 aliphatic rings. The first-order chi connectivity index (χ1) is 6.02. The van der Waals surface area contributed by atoms with E-state index in [2.05, 4.69) is 0 Å². The highest BCUT2D eigenvalue weighted by Crippen LogP contribution is 2.12. The molecule has 0 atom stereocenters.